The first-order valence-electron chi connectivity index (χ1n) is 6.91. The minimum atomic E-state index is -0.0138. The lowest BCUT2D eigenvalue weighted by Gasteiger charge is -2.21. The first-order chi connectivity index (χ1) is 8.15. The van der Waals surface area contributed by atoms with E-state index in [1.54, 1.807) is 0 Å². The van der Waals surface area contributed by atoms with E-state index in [-0.39, 0.29) is 11.9 Å². The van der Waals surface area contributed by atoms with Gasteiger partial charge in [0.1, 0.15) is 0 Å². The Balaban J connectivity index is 1.72. The monoisotopic (exact) mass is 239 g/mol. The van der Waals surface area contributed by atoms with Crippen LogP contribution in [0.3, 0.4) is 0 Å². The van der Waals surface area contributed by atoms with Gasteiger partial charge >= 0.3 is 0 Å². The van der Waals surface area contributed by atoms with E-state index in [9.17, 15) is 4.79 Å². The third-order valence-electron chi connectivity index (χ3n) is 3.85. The topological polar surface area (TPSA) is 49.6 Å². The number of nitrogens with zero attached hydrogens (tertiary/aromatic N) is 2. The van der Waals surface area contributed by atoms with Crippen molar-refractivity contribution in [2.45, 2.75) is 38.6 Å². The summed E-state index contributed by atoms with van der Waals surface area (Å²) in [4.78, 5) is 16.4. The van der Waals surface area contributed by atoms with Crippen LogP contribution in [0.5, 0.6) is 0 Å². The molecule has 0 saturated carbocycles. The molecule has 0 aromatic carbocycles. The number of likely N-dealkylation sites (tertiary alicyclic amines) is 2. The molecule has 2 unspecified atom stereocenters. The van der Waals surface area contributed by atoms with Crippen LogP contribution in [0, 0.1) is 5.92 Å². The molecule has 2 aliphatic heterocycles. The molecule has 0 aliphatic carbocycles. The largest absolute Gasteiger partial charge is 0.342 e. The molecule has 2 saturated heterocycles. The van der Waals surface area contributed by atoms with Crippen molar-refractivity contribution in [1.82, 2.24) is 9.80 Å². The van der Waals surface area contributed by atoms with Gasteiger partial charge in [-0.2, -0.15) is 0 Å². The highest BCUT2D eigenvalue weighted by atomic mass is 16.2. The van der Waals surface area contributed by atoms with E-state index in [1.165, 1.54) is 38.9 Å². The van der Waals surface area contributed by atoms with Gasteiger partial charge in [-0.05, 0) is 45.2 Å². The maximum absolute atomic E-state index is 11.9. The van der Waals surface area contributed by atoms with Crippen molar-refractivity contribution >= 4 is 5.91 Å². The zero-order chi connectivity index (χ0) is 12.3. The summed E-state index contributed by atoms with van der Waals surface area (Å²) in [6, 6.07) is -0.0138. The van der Waals surface area contributed by atoms with Gasteiger partial charge in [-0.15, -0.1) is 0 Å². The molecule has 4 nitrogen and oxygen atoms in total. The molecule has 2 rings (SSSR count). The Hall–Kier alpha value is -0.610. The van der Waals surface area contributed by atoms with Crippen molar-refractivity contribution in [3.63, 3.8) is 0 Å². The van der Waals surface area contributed by atoms with Crippen LogP contribution in [-0.2, 0) is 4.79 Å². The Bertz CT molecular complexity index is 261. The molecule has 2 N–H and O–H groups in total. The Kier molecular flexibility index (Phi) is 4.40. The highest BCUT2D eigenvalue weighted by Crippen LogP contribution is 2.20. The zero-order valence-electron chi connectivity index (χ0n) is 10.9. The quantitative estimate of drug-likeness (QED) is 0.784. The molecule has 17 heavy (non-hydrogen) atoms. The minimum Gasteiger partial charge on any atom is -0.342 e. The molecule has 2 fully saturated rings. The smallest absolute Gasteiger partial charge is 0.224 e. The molecular weight excluding hydrogens is 214 g/mol. The van der Waals surface area contributed by atoms with Crippen LogP contribution in [0.1, 0.15) is 32.6 Å². The van der Waals surface area contributed by atoms with Crippen molar-refractivity contribution < 1.29 is 4.79 Å². The first kappa shape index (κ1) is 12.8. The van der Waals surface area contributed by atoms with Crippen molar-refractivity contribution in [3.05, 3.63) is 0 Å². The van der Waals surface area contributed by atoms with Gasteiger partial charge in [-0.3, -0.25) is 4.79 Å². The molecule has 4 heteroatoms. The van der Waals surface area contributed by atoms with Crippen LogP contribution in [0.2, 0.25) is 0 Å². The van der Waals surface area contributed by atoms with Gasteiger partial charge in [-0.25, -0.2) is 0 Å². The number of carbonyl (C=O) groups is 1. The fourth-order valence-electron chi connectivity index (χ4n) is 2.94. The van der Waals surface area contributed by atoms with E-state index < -0.39 is 0 Å². The summed E-state index contributed by atoms with van der Waals surface area (Å²) in [6.45, 7) is 7.47. The molecule has 0 aromatic rings. The first-order valence-corrected chi connectivity index (χ1v) is 6.91. The summed E-state index contributed by atoms with van der Waals surface area (Å²) < 4.78 is 0. The van der Waals surface area contributed by atoms with E-state index in [0.29, 0.717) is 12.3 Å². The SMILES string of the molecule is CC(N)CC(=O)N1CCC(CN2CCCC2)C1. The van der Waals surface area contributed by atoms with E-state index >= 15 is 0 Å². The molecule has 1 amide bonds. The second-order valence-electron chi connectivity index (χ2n) is 5.68. The Labute approximate surface area is 104 Å². The summed E-state index contributed by atoms with van der Waals surface area (Å²) in [5, 5.41) is 0. The number of amides is 1. The molecule has 98 valence electrons. The van der Waals surface area contributed by atoms with Crippen molar-refractivity contribution in [1.29, 1.82) is 0 Å². The maximum atomic E-state index is 11.9. The molecule has 2 atom stereocenters. The third-order valence-corrected chi connectivity index (χ3v) is 3.85. The molecule has 2 aliphatic rings. The molecule has 0 radical (unpaired) electrons. The molecule has 0 bridgehead atoms. The van der Waals surface area contributed by atoms with Crippen molar-refractivity contribution in [2.24, 2.45) is 11.7 Å². The maximum Gasteiger partial charge on any atom is 0.224 e. The van der Waals surface area contributed by atoms with E-state index in [2.05, 4.69) is 4.90 Å². The minimum absolute atomic E-state index is 0.0138. The Morgan fingerprint density at radius 1 is 1.35 bits per heavy atom. The van der Waals surface area contributed by atoms with Crippen LogP contribution in [-0.4, -0.2) is 54.5 Å². The van der Waals surface area contributed by atoms with Crippen molar-refractivity contribution in [2.75, 3.05) is 32.7 Å². The predicted molar refractivity (Wildman–Crippen MR) is 68.6 cm³/mol. The fourth-order valence-corrected chi connectivity index (χ4v) is 2.94. The standard InChI is InChI=1S/C13H25N3O/c1-11(14)8-13(17)16-7-4-12(10-16)9-15-5-2-3-6-15/h11-12H,2-10,14H2,1H3. The zero-order valence-corrected chi connectivity index (χ0v) is 10.9. The number of hydrogen-bond acceptors (Lipinski definition) is 3. The Morgan fingerprint density at radius 2 is 2.06 bits per heavy atom. The normalized spacial score (nSPS) is 27.6. The summed E-state index contributed by atoms with van der Waals surface area (Å²) in [7, 11) is 0. The summed E-state index contributed by atoms with van der Waals surface area (Å²) >= 11 is 0. The van der Waals surface area contributed by atoms with Crippen molar-refractivity contribution in [3.8, 4) is 0 Å². The summed E-state index contributed by atoms with van der Waals surface area (Å²) in [5.74, 6) is 0.925. The molecule has 0 spiro atoms. The third kappa shape index (κ3) is 3.68. The number of rotatable bonds is 4. The highest BCUT2D eigenvalue weighted by molar-refractivity contribution is 5.77. The van der Waals surface area contributed by atoms with Crippen LogP contribution in [0.25, 0.3) is 0 Å². The van der Waals surface area contributed by atoms with Gasteiger partial charge in [0.25, 0.3) is 0 Å². The van der Waals surface area contributed by atoms with Crippen LogP contribution in [0.4, 0.5) is 0 Å². The molecular formula is C13H25N3O. The van der Waals surface area contributed by atoms with Crippen LogP contribution >= 0.6 is 0 Å². The molecule has 0 aromatic heterocycles. The van der Waals surface area contributed by atoms with Crippen LogP contribution in [0.15, 0.2) is 0 Å². The number of hydrogen-bond donors (Lipinski definition) is 1. The second-order valence-corrected chi connectivity index (χ2v) is 5.68. The van der Waals surface area contributed by atoms with Gasteiger partial charge in [0.05, 0.1) is 0 Å². The lowest BCUT2D eigenvalue weighted by Crippen LogP contribution is -2.34. The highest BCUT2D eigenvalue weighted by Gasteiger charge is 2.28. The second kappa shape index (κ2) is 5.83. The van der Waals surface area contributed by atoms with E-state index in [1.807, 2.05) is 11.8 Å². The van der Waals surface area contributed by atoms with E-state index in [4.69, 9.17) is 5.73 Å². The molecule has 2 heterocycles. The summed E-state index contributed by atoms with van der Waals surface area (Å²) in [5.41, 5.74) is 5.67. The summed E-state index contributed by atoms with van der Waals surface area (Å²) in [6.07, 6.45) is 4.36. The predicted octanol–water partition coefficient (Wildman–Crippen LogP) is 0.668. The van der Waals surface area contributed by atoms with Gasteiger partial charge in [0, 0.05) is 32.1 Å². The number of carbonyl (C=O) groups excluding carboxylic acids is 1. The average molecular weight is 239 g/mol. The number of nitrogens with two attached hydrogens (primary N) is 1. The van der Waals surface area contributed by atoms with E-state index in [0.717, 1.165) is 13.1 Å². The van der Waals surface area contributed by atoms with Gasteiger partial charge in [0.2, 0.25) is 5.91 Å². The van der Waals surface area contributed by atoms with Gasteiger partial charge in [0.15, 0.2) is 0 Å². The lowest BCUT2D eigenvalue weighted by atomic mass is 10.1. The van der Waals surface area contributed by atoms with Gasteiger partial charge in [-0.1, -0.05) is 0 Å². The lowest BCUT2D eigenvalue weighted by molar-refractivity contribution is -0.130. The Morgan fingerprint density at radius 3 is 2.71 bits per heavy atom. The fraction of sp³-hybridized carbons (Fsp3) is 0.923. The average Bonchev–Trinajstić information content (AvgIpc) is 2.88. The van der Waals surface area contributed by atoms with Gasteiger partial charge < -0.3 is 15.5 Å². The van der Waals surface area contributed by atoms with Crippen LogP contribution < -0.4 is 5.73 Å².